The van der Waals surface area contributed by atoms with Gasteiger partial charge < -0.3 is 14.9 Å². The molecule has 0 amide bonds. The molecule has 0 aliphatic heterocycles. The average Bonchev–Trinajstić information content (AvgIpc) is 2.40. The van der Waals surface area contributed by atoms with Gasteiger partial charge in [0.1, 0.15) is 5.76 Å². The van der Waals surface area contributed by atoms with Gasteiger partial charge in [-0.2, -0.15) is 0 Å². The van der Waals surface area contributed by atoms with Gasteiger partial charge in [-0.05, 0) is 35.0 Å². The molecule has 20 heavy (non-hydrogen) atoms. The van der Waals surface area contributed by atoms with Crippen LogP contribution in [0.5, 0.6) is 0 Å². The predicted molar refractivity (Wildman–Crippen MR) is 82.4 cm³/mol. The molecule has 0 fully saturated rings. The molecule has 0 bridgehead atoms. The van der Waals surface area contributed by atoms with Crippen molar-refractivity contribution in [3.8, 4) is 0 Å². The largest absolute Gasteiger partial charge is 0.508 e. The molecule has 116 valence electrons. The fourth-order valence-corrected chi connectivity index (χ4v) is 3.01. The average molecular weight is 282 g/mol. The highest BCUT2D eigenvalue weighted by atomic mass is 16.6. The van der Waals surface area contributed by atoms with Crippen molar-refractivity contribution in [1.29, 1.82) is 0 Å². The molecule has 3 nitrogen and oxygen atoms in total. The first-order valence-electron chi connectivity index (χ1n) is 7.46. The lowest BCUT2D eigenvalue weighted by molar-refractivity contribution is -0.203. The summed E-state index contributed by atoms with van der Waals surface area (Å²) in [6.07, 6.45) is 4.90. The first kappa shape index (κ1) is 17.3. The number of methoxy groups -OCH3 is 1. The summed E-state index contributed by atoms with van der Waals surface area (Å²) < 4.78 is 5.42. The minimum atomic E-state index is -1.37. The minimum absolute atomic E-state index is 0.189. The highest BCUT2D eigenvalue weighted by Crippen LogP contribution is 2.52. The van der Waals surface area contributed by atoms with Gasteiger partial charge in [0, 0.05) is 13.0 Å². The van der Waals surface area contributed by atoms with Crippen molar-refractivity contribution in [2.24, 2.45) is 16.7 Å². The van der Waals surface area contributed by atoms with Crippen LogP contribution in [0.2, 0.25) is 0 Å². The van der Waals surface area contributed by atoms with Crippen molar-refractivity contribution in [2.45, 2.75) is 60.2 Å². The molecule has 2 N–H and O–H groups in total. The highest BCUT2D eigenvalue weighted by molar-refractivity contribution is 5.36. The second kappa shape index (κ2) is 5.53. The van der Waals surface area contributed by atoms with Gasteiger partial charge in [-0.1, -0.05) is 48.0 Å². The van der Waals surface area contributed by atoms with Gasteiger partial charge in [-0.25, -0.2) is 0 Å². The third-order valence-corrected chi connectivity index (χ3v) is 5.09. The van der Waals surface area contributed by atoms with Crippen LogP contribution in [0.3, 0.4) is 0 Å². The van der Waals surface area contributed by atoms with Crippen LogP contribution in [0.4, 0.5) is 0 Å². The van der Waals surface area contributed by atoms with Crippen molar-refractivity contribution in [1.82, 2.24) is 0 Å². The van der Waals surface area contributed by atoms with E-state index >= 15 is 0 Å². The predicted octanol–water partition coefficient (Wildman–Crippen LogP) is 4.19. The van der Waals surface area contributed by atoms with Gasteiger partial charge in [0.15, 0.2) is 5.79 Å². The maximum absolute atomic E-state index is 10.9. The van der Waals surface area contributed by atoms with Crippen LogP contribution in [-0.2, 0) is 4.74 Å². The van der Waals surface area contributed by atoms with Gasteiger partial charge >= 0.3 is 0 Å². The van der Waals surface area contributed by atoms with Crippen molar-refractivity contribution in [3.63, 3.8) is 0 Å². The topological polar surface area (TPSA) is 49.7 Å². The van der Waals surface area contributed by atoms with Gasteiger partial charge in [-0.3, -0.25) is 0 Å². The number of allylic oxidation sites excluding steroid dienone is 1. The van der Waals surface area contributed by atoms with E-state index < -0.39 is 5.79 Å². The Morgan fingerprint density at radius 3 is 2.15 bits per heavy atom. The summed E-state index contributed by atoms with van der Waals surface area (Å²) in [4.78, 5) is 0. The zero-order valence-electron chi connectivity index (χ0n) is 13.9. The van der Waals surface area contributed by atoms with Crippen LogP contribution in [0.15, 0.2) is 23.5 Å². The van der Waals surface area contributed by atoms with E-state index in [2.05, 4.69) is 41.5 Å². The molecule has 0 radical (unpaired) electrons. The van der Waals surface area contributed by atoms with Crippen LogP contribution < -0.4 is 0 Å². The standard InChI is InChI=1S/C17H30O3/c1-8-15(3,4)13-12(18)10-11-17(19,20-7)14(13)16(5,6)9-2/h10-11,14,18-19H,8-9H2,1-7H3. The van der Waals surface area contributed by atoms with Crippen molar-refractivity contribution in [2.75, 3.05) is 7.11 Å². The summed E-state index contributed by atoms with van der Waals surface area (Å²) in [5, 5.41) is 21.3. The van der Waals surface area contributed by atoms with Crippen LogP contribution >= 0.6 is 0 Å². The van der Waals surface area contributed by atoms with Gasteiger partial charge in [0.05, 0.1) is 0 Å². The lowest BCUT2D eigenvalue weighted by Crippen LogP contribution is -2.50. The SMILES string of the molecule is CCC(C)(C)C1=C(O)C=CC(O)(OC)C1C(C)(C)CC. The Morgan fingerprint density at radius 1 is 1.20 bits per heavy atom. The number of aliphatic hydroxyl groups is 2. The van der Waals surface area contributed by atoms with E-state index in [-0.39, 0.29) is 22.5 Å². The summed E-state index contributed by atoms with van der Waals surface area (Å²) >= 11 is 0. The van der Waals surface area contributed by atoms with E-state index in [0.717, 1.165) is 18.4 Å². The minimum Gasteiger partial charge on any atom is -0.508 e. The fraction of sp³-hybridized carbons (Fsp3) is 0.765. The van der Waals surface area contributed by atoms with Crippen LogP contribution in [0.25, 0.3) is 0 Å². The fourth-order valence-electron chi connectivity index (χ4n) is 3.01. The molecule has 3 heteroatoms. The molecule has 0 spiro atoms. The summed E-state index contributed by atoms with van der Waals surface area (Å²) in [5.74, 6) is -1.37. The molecule has 2 atom stereocenters. The Morgan fingerprint density at radius 2 is 1.75 bits per heavy atom. The zero-order chi connectivity index (χ0) is 15.8. The maximum Gasteiger partial charge on any atom is 0.192 e. The third kappa shape index (κ3) is 2.79. The maximum atomic E-state index is 10.9. The summed E-state index contributed by atoms with van der Waals surface area (Å²) in [6.45, 7) is 12.6. The molecule has 0 saturated heterocycles. The molecular formula is C17H30O3. The van der Waals surface area contributed by atoms with Crippen LogP contribution in [0.1, 0.15) is 54.4 Å². The normalized spacial score (nSPS) is 28.1. The Kier molecular flexibility index (Phi) is 4.77. The number of hydrogen-bond acceptors (Lipinski definition) is 3. The first-order chi connectivity index (χ1) is 9.05. The second-order valence-corrected chi connectivity index (χ2v) is 7.10. The summed E-state index contributed by atoms with van der Waals surface area (Å²) in [6, 6.07) is 0. The highest BCUT2D eigenvalue weighted by Gasteiger charge is 2.51. The van der Waals surface area contributed by atoms with E-state index in [1.807, 2.05) is 0 Å². The Balaban J connectivity index is 3.52. The second-order valence-electron chi connectivity index (χ2n) is 7.10. The van der Waals surface area contributed by atoms with Gasteiger partial charge in [-0.15, -0.1) is 0 Å². The van der Waals surface area contributed by atoms with E-state index in [1.54, 1.807) is 12.2 Å². The molecule has 0 saturated carbocycles. The smallest absolute Gasteiger partial charge is 0.192 e. The van der Waals surface area contributed by atoms with Crippen molar-refractivity contribution in [3.05, 3.63) is 23.5 Å². The summed E-state index contributed by atoms with van der Waals surface area (Å²) in [7, 11) is 1.52. The van der Waals surface area contributed by atoms with Crippen molar-refractivity contribution >= 4 is 0 Å². The lowest BCUT2D eigenvalue weighted by Gasteiger charge is -2.49. The lowest BCUT2D eigenvalue weighted by atomic mass is 9.60. The molecule has 0 aromatic carbocycles. The molecule has 0 aromatic rings. The number of ether oxygens (including phenoxy) is 1. The van der Waals surface area contributed by atoms with E-state index in [1.165, 1.54) is 7.11 Å². The number of rotatable bonds is 5. The van der Waals surface area contributed by atoms with E-state index in [0.29, 0.717) is 0 Å². The van der Waals surface area contributed by atoms with Crippen LogP contribution in [0, 0.1) is 16.7 Å². The number of aliphatic hydroxyl groups excluding tert-OH is 1. The molecule has 0 heterocycles. The molecule has 1 aliphatic carbocycles. The monoisotopic (exact) mass is 282 g/mol. The Hall–Kier alpha value is -0.800. The Bertz CT molecular complexity index is 418. The van der Waals surface area contributed by atoms with Crippen LogP contribution in [-0.4, -0.2) is 23.1 Å². The summed E-state index contributed by atoms with van der Waals surface area (Å²) in [5.41, 5.74) is 0.503. The molecule has 2 unspecified atom stereocenters. The number of hydrogen-bond donors (Lipinski definition) is 2. The zero-order valence-corrected chi connectivity index (χ0v) is 13.9. The van der Waals surface area contributed by atoms with E-state index in [4.69, 9.17) is 4.74 Å². The third-order valence-electron chi connectivity index (χ3n) is 5.09. The van der Waals surface area contributed by atoms with E-state index in [9.17, 15) is 10.2 Å². The molecule has 1 aliphatic rings. The first-order valence-corrected chi connectivity index (χ1v) is 7.46. The van der Waals surface area contributed by atoms with Crippen molar-refractivity contribution < 1.29 is 14.9 Å². The van der Waals surface area contributed by atoms with Gasteiger partial charge in [0.25, 0.3) is 0 Å². The molecular weight excluding hydrogens is 252 g/mol. The molecule has 1 rings (SSSR count). The molecule has 0 aromatic heterocycles. The Labute approximate surface area is 123 Å². The van der Waals surface area contributed by atoms with Gasteiger partial charge in [0.2, 0.25) is 0 Å². The quantitative estimate of drug-likeness (QED) is 0.743.